The number of pyridine rings is 2. The fourth-order valence-corrected chi connectivity index (χ4v) is 8.09. The number of rotatable bonds is 6. The average Bonchev–Trinajstić information content (AvgIpc) is 3.54. The molecule has 2 N–H and O–H groups in total. The number of nitrogens with one attached hydrogen (secondary N) is 1. The third-order valence-electron chi connectivity index (χ3n) is 10.8. The molecular formula is C37H40FN7O4. The van der Waals surface area contributed by atoms with Crippen molar-refractivity contribution in [2.24, 2.45) is 10.8 Å². The summed E-state index contributed by atoms with van der Waals surface area (Å²) < 4.78 is 23.0. The van der Waals surface area contributed by atoms with E-state index < -0.39 is 18.3 Å². The maximum atomic E-state index is 15.7. The van der Waals surface area contributed by atoms with E-state index >= 15 is 4.39 Å². The number of hydrogen-bond acceptors (Lipinski definition) is 9. The number of aliphatic hydroxyl groups is 1. The summed E-state index contributed by atoms with van der Waals surface area (Å²) in [6, 6.07) is 5.69. The molecule has 1 amide bonds. The molecule has 3 aromatic heterocycles. The number of carbonyl (C=O) groups excluding carboxylic acids is 2. The van der Waals surface area contributed by atoms with Crippen molar-refractivity contribution in [3.8, 4) is 0 Å². The molecule has 0 radical (unpaired) electrons. The number of likely N-dealkylation sites (N-methyl/N-ethyl adjacent to an activating group) is 1. The molecule has 3 aromatic rings. The molecule has 0 unspecified atom stereocenters. The van der Waals surface area contributed by atoms with Crippen LogP contribution in [-0.2, 0) is 35.5 Å². The highest BCUT2D eigenvalue weighted by Gasteiger charge is 2.42. The molecule has 4 aliphatic heterocycles. The third kappa shape index (κ3) is 5.26. The Morgan fingerprint density at radius 2 is 1.88 bits per heavy atom. The molecule has 7 heterocycles. The normalized spacial score (nSPS) is 20.8. The fourth-order valence-electron chi connectivity index (χ4n) is 8.09. The van der Waals surface area contributed by atoms with Gasteiger partial charge in [-0.2, -0.15) is 0 Å². The number of carbonyl (C=O) groups is 1. The number of anilines is 3. The molecule has 0 bridgehead atoms. The molecule has 2 fully saturated rings. The van der Waals surface area contributed by atoms with Gasteiger partial charge < -0.3 is 29.5 Å². The van der Waals surface area contributed by atoms with Crippen molar-refractivity contribution in [3.63, 3.8) is 0 Å². The Bertz CT molecular complexity index is 1960. The largest absolute Gasteiger partial charge is 0.392 e. The van der Waals surface area contributed by atoms with Gasteiger partial charge in [0.05, 0.1) is 37.4 Å². The first-order valence-corrected chi connectivity index (χ1v) is 16.9. The minimum absolute atomic E-state index is 0.0447. The molecule has 11 nitrogen and oxygen atoms in total. The van der Waals surface area contributed by atoms with Crippen LogP contribution in [0.3, 0.4) is 0 Å². The Balaban J connectivity index is 1.06. The topological polar surface area (TPSA) is 116 Å². The van der Waals surface area contributed by atoms with Crippen LogP contribution in [0.5, 0.6) is 0 Å². The van der Waals surface area contributed by atoms with Gasteiger partial charge in [-0.25, -0.2) is 19.2 Å². The van der Waals surface area contributed by atoms with Gasteiger partial charge in [-0.3, -0.25) is 9.69 Å². The minimum Gasteiger partial charge on any atom is -0.392 e. The molecule has 1 aliphatic carbocycles. The van der Waals surface area contributed by atoms with Gasteiger partial charge in [0, 0.05) is 73.4 Å². The molecule has 2 saturated heterocycles. The second kappa shape index (κ2) is 11.7. The lowest BCUT2D eigenvalue weighted by Gasteiger charge is -2.47. The molecule has 49 heavy (non-hydrogen) atoms. The van der Waals surface area contributed by atoms with E-state index in [0.717, 1.165) is 56.9 Å². The van der Waals surface area contributed by atoms with E-state index in [-0.39, 0.29) is 22.6 Å². The van der Waals surface area contributed by atoms with Crippen LogP contribution < -0.4 is 15.1 Å². The van der Waals surface area contributed by atoms with Crippen LogP contribution >= 0.6 is 0 Å². The highest BCUT2D eigenvalue weighted by molar-refractivity contribution is 6.06. The number of nitrogens with zero attached hydrogens (tertiary/aromatic N) is 6. The van der Waals surface area contributed by atoms with Gasteiger partial charge in [0.2, 0.25) is 0 Å². The van der Waals surface area contributed by atoms with E-state index in [1.54, 1.807) is 36.5 Å². The molecular weight excluding hydrogens is 625 g/mol. The number of piperidine rings is 1. The van der Waals surface area contributed by atoms with E-state index in [4.69, 9.17) is 4.74 Å². The second-order valence-corrected chi connectivity index (χ2v) is 14.7. The summed E-state index contributed by atoms with van der Waals surface area (Å²) in [5, 5.41) is 14.0. The van der Waals surface area contributed by atoms with Crippen LogP contribution in [0.25, 0.3) is 5.57 Å². The summed E-state index contributed by atoms with van der Waals surface area (Å²) >= 11 is 0. The van der Waals surface area contributed by atoms with Crippen molar-refractivity contribution >= 4 is 34.7 Å². The van der Waals surface area contributed by atoms with E-state index in [0.29, 0.717) is 58.7 Å². The lowest BCUT2D eigenvalue weighted by Crippen LogP contribution is -2.50. The Morgan fingerprint density at radius 1 is 1.08 bits per heavy atom. The number of amides is 1. The number of hydrogen-bond donors (Lipinski definition) is 2. The summed E-state index contributed by atoms with van der Waals surface area (Å²) in [4.78, 5) is 40.6. The summed E-state index contributed by atoms with van der Waals surface area (Å²) in [6.07, 6.45) is 10.5. The number of ether oxygens (including phenoxy) is 1. The van der Waals surface area contributed by atoms with Gasteiger partial charge in [0.1, 0.15) is 23.0 Å². The van der Waals surface area contributed by atoms with Crippen LogP contribution in [-0.4, -0.2) is 76.3 Å². The standard InChI is InChI=1S/C37H40FN7O4/c1-36(2)15-26-29(16-36)44-12-13-45(35(48)33(44)32(26)38)34-27(19-46)25(6-9-39-34)23-14-28(30(20-47)42(3)18-23)41-31-5-4-24(17-40-31)43-10-7-37(8-11-43)21-49-22-37/h4-6,9,14,17-18,46H,7-8,10-13,15-16,19,21-22H2,1-3H3,(H,40,41). The molecule has 12 heteroatoms. The first-order valence-electron chi connectivity index (χ1n) is 16.9. The van der Waals surface area contributed by atoms with E-state index in [1.807, 2.05) is 28.8 Å². The van der Waals surface area contributed by atoms with Crippen molar-refractivity contribution in [2.45, 2.75) is 52.7 Å². The van der Waals surface area contributed by atoms with Crippen molar-refractivity contribution in [1.29, 1.82) is 0 Å². The monoisotopic (exact) mass is 665 g/mol. The first kappa shape index (κ1) is 31.5. The second-order valence-electron chi connectivity index (χ2n) is 14.7. The Kier molecular flexibility index (Phi) is 7.51. The Hall–Kier alpha value is -4.77. The van der Waals surface area contributed by atoms with E-state index in [2.05, 4.69) is 34.0 Å². The maximum Gasteiger partial charge on any atom is 0.279 e. The predicted octanol–water partition coefficient (Wildman–Crippen LogP) is 4.31. The van der Waals surface area contributed by atoms with Crippen molar-refractivity contribution in [1.82, 2.24) is 19.4 Å². The van der Waals surface area contributed by atoms with Gasteiger partial charge >= 0.3 is 0 Å². The van der Waals surface area contributed by atoms with Gasteiger partial charge in [-0.05, 0) is 60.9 Å². The number of allylic oxidation sites excluding steroid dienone is 2. The molecule has 5 aliphatic rings. The van der Waals surface area contributed by atoms with Gasteiger partial charge in [0.15, 0.2) is 11.8 Å². The third-order valence-corrected chi connectivity index (χ3v) is 10.8. The zero-order valence-corrected chi connectivity index (χ0v) is 28.1. The first-order chi connectivity index (χ1) is 23.6. The number of fused-ring (bicyclic) bond motifs is 3. The number of aromatic nitrogens is 3. The van der Waals surface area contributed by atoms with Crippen LogP contribution in [0, 0.1) is 16.6 Å². The zero-order chi connectivity index (χ0) is 34.1. The zero-order valence-electron chi connectivity index (χ0n) is 28.1. The molecule has 0 saturated carbocycles. The molecule has 0 aromatic carbocycles. The quantitative estimate of drug-likeness (QED) is 0.372. The van der Waals surface area contributed by atoms with Crippen LogP contribution in [0.2, 0.25) is 0 Å². The van der Waals surface area contributed by atoms with Gasteiger partial charge in [-0.1, -0.05) is 13.8 Å². The highest BCUT2D eigenvalue weighted by atomic mass is 19.1. The average molecular weight is 666 g/mol. The minimum atomic E-state index is -0.468. The molecule has 1 spiro atoms. The summed E-state index contributed by atoms with van der Waals surface area (Å²) in [5.74, 6) is 1.96. The molecule has 8 rings (SSSR count). The fraction of sp³-hybridized carbons (Fsp3) is 0.432. The lowest BCUT2D eigenvalue weighted by atomic mass is 9.77. The molecule has 0 atom stereocenters. The Morgan fingerprint density at radius 3 is 2.55 bits per heavy atom. The van der Waals surface area contributed by atoms with Gasteiger partial charge in [0.25, 0.3) is 5.91 Å². The predicted molar refractivity (Wildman–Crippen MR) is 183 cm³/mol. The SMILES string of the molecule is CN1C=C(c2ccnc(N3CCn4c5c(c(F)c4C3=O)CC(C)(C)C5)c2CO)C=C(Nc2ccc(N3CCC4(CC3)COC4)cn2)C1=C=O. The summed E-state index contributed by atoms with van der Waals surface area (Å²) in [7, 11) is 1.74. The lowest BCUT2D eigenvalue weighted by molar-refractivity contribution is -0.124. The van der Waals surface area contributed by atoms with Crippen molar-refractivity contribution < 1.29 is 23.8 Å². The maximum absolute atomic E-state index is 15.7. The van der Waals surface area contributed by atoms with Crippen molar-refractivity contribution in [3.05, 3.63) is 88.2 Å². The Labute approximate surface area is 284 Å². The van der Waals surface area contributed by atoms with Crippen LogP contribution in [0.1, 0.15) is 59.6 Å². The number of aliphatic hydroxyl groups excluding tert-OH is 1. The van der Waals surface area contributed by atoms with E-state index in [1.165, 1.54) is 4.90 Å². The van der Waals surface area contributed by atoms with Gasteiger partial charge in [-0.15, -0.1) is 0 Å². The van der Waals surface area contributed by atoms with E-state index in [9.17, 15) is 14.7 Å². The van der Waals surface area contributed by atoms with Crippen LogP contribution in [0.4, 0.5) is 21.7 Å². The summed E-state index contributed by atoms with van der Waals surface area (Å²) in [5.41, 5.74) is 5.45. The molecule has 254 valence electrons. The smallest absolute Gasteiger partial charge is 0.279 e. The highest BCUT2D eigenvalue weighted by Crippen LogP contribution is 2.43. The number of halogens is 1. The van der Waals surface area contributed by atoms with Crippen molar-refractivity contribution in [2.75, 3.05) is 55.0 Å². The summed E-state index contributed by atoms with van der Waals surface area (Å²) in [6.45, 7) is 8.21. The van der Waals surface area contributed by atoms with Crippen LogP contribution in [0.15, 0.2) is 54.3 Å².